The molecule has 0 spiro atoms. The highest BCUT2D eigenvalue weighted by Crippen LogP contribution is 2.21. The van der Waals surface area contributed by atoms with Gasteiger partial charge in [0.15, 0.2) is 0 Å². The topological polar surface area (TPSA) is 40.2 Å². The molecule has 2 aromatic rings. The molecule has 1 aromatic heterocycles. The first kappa shape index (κ1) is 12.1. The summed E-state index contributed by atoms with van der Waals surface area (Å²) in [6.45, 7) is 3.66. The second-order valence-corrected chi connectivity index (χ2v) is 4.54. The van der Waals surface area contributed by atoms with Crippen LogP contribution in [0.15, 0.2) is 30.5 Å². The molecule has 0 fully saturated rings. The summed E-state index contributed by atoms with van der Waals surface area (Å²) in [5.74, 6) is 0. The molecule has 1 atom stereocenters. The van der Waals surface area contributed by atoms with E-state index < -0.39 is 0 Å². The van der Waals surface area contributed by atoms with Gasteiger partial charge in [0, 0.05) is 25.9 Å². The predicted octanol–water partition coefficient (Wildman–Crippen LogP) is 2.18. The zero-order valence-electron chi connectivity index (χ0n) is 10.5. The van der Waals surface area contributed by atoms with Gasteiger partial charge >= 0.3 is 0 Å². The number of methoxy groups -OCH3 is 1. The number of para-hydroxylation sites is 1. The normalized spacial score (nSPS) is 13.1. The van der Waals surface area contributed by atoms with Crippen LogP contribution in [-0.4, -0.2) is 24.3 Å². The fourth-order valence-corrected chi connectivity index (χ4v) is 2.23. The molecule has 0 aliphatic carbocycles. The number of hydrogen-bond acceptors (Lipinski definition) is 2. The van der Waals surface area contributed by atoms with E-state index in [4.69, 9.17) is 10.5 Å². The minimum Gasteiger partial charge on any atom is -0.383 e. The molecular weight excluding hydrogens is 212 g/mol. The van der Waals surface area contributed by atoms with E-state index in [1.165, 1.54) is 16.5 Å². The standard InChI is InChI=1S/C14H20N2O/c1-11(15)10-13-5-3-4-12-6-7-16(14(12)13)8-9-17-2/h3-7,11H,8-10,15H2,1-2H3. The van der Waals surface area contributed by atoms with Gasteiger partial charge in [0.1, 0.15) is 0 Å². The van der Waals surface area contributed by atoms with Crippen molar-refractivity contribution in [2.75, 3.05) is 13.7 Å². The fourth-order valence-electron chi connectivity index (χ4n) is 2.23. The number of hydrogen-bond donors (Lipinski definition) is 1. The lowest BCUT2D eigenvalue weighted by atomic mass is 10.0. The molecule has 0 aliphatic rings. The van der Waals surface area contributed by atoms with Crippen LogP contribution in [0.3, 0.4) is 0 Å². The molecule has 2 N–H and O–H groups in total. The average Bonchev–Trinajstić information content (AvgIpc) is 2.70. The predicted molar refractivity (Wildman–Crippen MR) is 71.2 cm³/mol. The summed E-state index contributed by atoms with van der Waals surface area (Å²) < 4.78 is 7.39. The maximum Gasteiger partial charge on any atom is 0.0641 e. The maximum absolute atomic E-state index is 5.90. The summed E-state index contributed by atoms with van der Waals surface area (Å²) in [5.41, 5.74) is 8.51. The van der Waals surface area contributed by atoms with Crippen molar-refractivity contribution in [3.63, 3.8) is 0 Å². The van der Waals surface area contributed by atoms with E-state index in [1.807, 2.05) is 6.92 Å². The number of nitrogens with zero attached hydrogens (tertiary/aromatic N) is 1. The summed E-state index contributed by atoms with van der Waals surface area (Å²) in [6.07, 6.45) is 3.03. The van der Waals surface area contributed by atoms with Gasteiger partial charge in [-0.05, 0) is 30.4 Å². The van der Waals surface area contributed by atoms with E-state index >= 15 is 0 Å². The Balaban J connectivity index is 2.40. The highest BCUT2D eigenvalue weighted by atomic mass is 16.5. The van der Waals surface area contributed by atoms with Crippen molar-refractivity contribution in [2.24, 2.45) is 5.73 Å². The zero-order valence-corrected chi connectivity index (χ0v) is 10.5. The minimum absolute atomic E-state index is 0.186. The van der Waals surface area contributed by atoms with Gasteiger partial charge in [-0.25, -0.2) is 0 Å². The number of nitrogens with two attached hydrogens (primary N) is 1. The van der Waals surface area contributed by atoms with Gasteiger partial charge in [-0.15, -0.1) is 0 Å². The lowest BCUT2D eigenvalue weighted by molar-refractivity contribution is 0.188. The summed E-state index contributed by atoms with van der Waals surface area (Å²) in [6, 6.07) is 8.74. The van der Waals surface area contributed by atoms with E-state index in [2.05, 4.69) is 35.0 Å². The molecule has 0 aliphatic heterocycles. The van der Waals surface area contributed by atoms with Crippen LogP contribution < -0.4 is 5.73 Å². The van der Waals surface area contributed by atoms with E-state index in [9.17, 15) is 0 Å². The van der Waals surface area contributed by atoms with E-state index in [1.54, 1.807) is 7.11 Å². The number of benzene rings is 1. The van der Waals surface area contributed by atoms with E-state index in [-0.39, 0.29) is 6.04 Å². The Bertz CT molecular complexity index is 488. The molecular formula is C14H20N2O. The first-order chi connectivity index (χ1) is 8.22. The van der Waals surface area contributed by atoms with Crippen molar-refractivity contribution < 1.29 is 4.74 Å². The highest BCUT2D eigenvalue weighted by molar-refractivity contribution is 5.83. The van der Waals surface area contributed by atoms with Crippen LogP contribution in [-0.2, 0) is 17.7 Å². The quantitative estimate of drug-likeness (QED) is 0.858. The smallest absolute Gasteiger partial charge is 0.0641 e. The van der Waals surface area contributed by atoms with Crippen LogP contribution in [0.1, 0.15) is 12.5 Å². The van der Waals surface area contributed by atoms with Gasteiger partial charge in [-0.2, -0.15) is 0 Å². The first-order valence-corrected chi connectivity index (χ1v) is 6.03. The minimum atomic E-state index is 0.186. The zero-order chi connectivity index (χ0) is 12.3. The molecule has 0 radical (unpaired) electrons. The monoisotopic (exact) mass is 232 g/mol. The van der Waals surface area contributed by atoms with Gasteiger partial charge in [0.2, 0.25) is 0 Å². The molecule has 2 rings (SSSR count). The number of rotatable bonds is 5. The second kappa shape index (κ2) is 5.34. The van der Waals surface area contributed by atoms with Crippen LogP contribution in [0.5, 0.6) is 0 Å². The van der Waals surface area contributed by atoms with Crippen molar-refractivity contribution in [3.8, 4) is 0 Å². The summed E-state index contributed by atoms with van der Waals surface area (Å²) in [4.78, 5) is 0. The Hall–Kier alpha value is -1.32. The summed E-state index contributed by atoms with van der Waals surface area (Å²) >= 11 is 0. The molecule has 1 unspecified atom stereocenters. The number of fused-ring (bicyclic) bond motifs is 1. The molecule has 1 aromatic carbocycles. The van der Waals surface area contributed by atoms with Crippen molar-refractivity contribution >= 4 is 10.9 Å². The Labute approximate surface area is 102 Å². The van der Waals surface area contributed by atoms with Crippen LogP contribution in [0.4, 0.5) is 0 Å². The van der Waals surface area contributed by atoms with Gasteiger partial charge in [-0.1, -0.05) is 18.2 Å². The molecule has 0 amide bonds. The van der Waals surface area contributed by atoms with Crippen LogP contribution in [0, 0.1) is 0 Å². The van der Waals surface area contributed by atoms with E-state index in [0.29, 0.717) is 0 Å². The summed E-state index contributed by atoms with van der Waals surface area (Å²) in [7, 11) is 1.73. The van der Waals surface area contributed by atoms with Gasteiger partial charge in [0.25, 0.3) is 0 Å². The first-order valence-electron chi connectivity index (χ1n) is 6.03. The SMILES string of the molecule is COCCn1ccc2cccc(CC(C)N)c21. The molecule has 1 heterocycles. The average molecular weight is 232 g/mol. The summed E-state index contributed by atoms with van der Waals surface area (Å²) in [5, 5.41) is 1.28. The lowest BCUT2D eigenvalue weighted by Gasteiger charge is -2.11. The molecule has 3 heteroatoms. The third kappa shape index (κ3) is 2.68. The maximum atomic E-state index is 5.90. The largest absolute Gasteiger partial charge is 0.383 e. The lowest BCUT2D eigenvalue weighted by Crippen LogP contribution is -2.18. The van der Waals surface area contributed by atoms with Gasteiger partial charge in [0.05, 0.1) is 12.1 Å². The molecule has 0 saturated heterocycles. The van der Waals surface area contributed by atoms with Crippen molar-refractivity contribution in [3.05, 3.63) is 36.0 Å². The molecule has 0 bridgehead atoms. The van der Waals surface area contributed by atoms with Crippen molar-refractivity contribution in [2.45, 2.75) is 25.9 Å². The molecule has 3 nitrogen and oxygen atoms in total. The fraction of sp³-hybridized carbons (Fsp3) is 0.429. The third-order valence-corrected chi connectivity index (χ3v) is 2.95. The Morgan fingerprint density at radius 3 is 2.88 bits per heavy atom. The Morgan fingerprint density at radius 2 is 2.18 bits per heavy atom. The molecule has 0 saturated carbocycles. The number of aromatic nitrogens is 1. The van der Waals surface area contributed by atoms with Gasteiger partial charge < -0.3 is 15.0 Å². The van der Waals surface area contributed by atoms with E-state index in [0.717, 1.165) is 19.6 Å². The Kier molecular flexibility index (Phi) is 3.82. The highest BCUT2D eigenvalue weighted by Gasteiger charge is 2.07. The Morgan fingerprint density at radius 1 is 1.35 bits per heavy atom. The van der Waals surface area contributed by atoms with Crippen molar-refractivity contribution in [1.29, 1.82) is 0 Å². The molecule has 92 valence electrons. The van der Waals surface area contributed by atoms with Crippen LogP contribution >= 0.6 is 0 Å². The van der Waals surface area contributed by atoms with Crippen molar-refractivity contribution in [1.82, 2.24) is 4.57 Å². The van der Waals surface area contributed by atoms with Gasteiger partial charge in [-0.3, -0.25) is 0 Å². The third-order valence-electron chi connectivity index (χ3n) is 2.95. The number of ether oxygens (including phenoxy) is 1. The second-order valence-electron chi connectivity index (χ2n) is 4.54. The van der Waals surface area contributed by atoms with Crippen LogP contribution in [0.25, 0.3) is 10.9 Å². The van der Waals surface area contributed by atoms with Crippen LogP contribution in [0.2, 0.25) is 0 Å². The molecule has 17 heavy (non-hydrogen) atoms.